The van der Waals surface area contributed by atoms with Crippen molar-refractivity contribution in [3.8, 4) is 0 Å². The van der Waals surface area contributed by atoms with Gasteiger partial charge in [0.25, 0.3) is 0 Å². The van der Waals surface area contributed by atoms with E-state index in [9.17, 15) is 4.79 Å². The van der Waals surface area contributed by atoms with Crippen molar-refractivity contribution in [2.24, 2.45) is 0 Å². The lowest BCUT2D eigenvalue weighted by Crippen LogP contribution is -2.02. The van der Waals surface area contributed by atoms with E-state index in [1.807, 2.05) is 42.5 Å². The Labute approximate surface area is 99.9 Å². The topological polar surface area (TPSA) is 26.3 Å². The normalized spacial score (nSPS) is 17.6. The maximum atomic E-state index is 11.6. The van der Waals surface area contributed by atoms with Crippen LogP contribution in [0.4, 0.5) is 0 Å². The van der Waals surface area contributed by atoms with E-state index in [1.54, 1.807) is 0 Å². The molecule has 84 valence electrons. The molecule has 0 spiro atoms. The first-order chi connectivity index (χ1) is 8.34. The van der Waals surface area contributed by atoms with Crippen molar-refractivity contribution in [2.45, 2.75) is 12.5 Å². The summed E-state index contributed by atoms with van der Waals surface area (Å²) in [6.07, 6.45) is 0.602. The molecule has 3 rings (SSSR count). The van der Waals surface area contributed by atoms with Crippen molar-refractivity contribution in [2.75, 3.05) is 0 Å². The second-order valence-corrected chi connectivity index (χ2v) is 4.17. The fourth-order valence-electron chi connectivity index (χ4n) is 2.20. The molecule has 1 heterocycles. The zero-order valence-corrected chi connectivity index (χ0v) is 9.30. The van der Waals surface area contributed by atoms with Crippen molar-refractivity contribution in [1.29, 1.82) is 0 Å². The van der Waals surface area contributed by atoms with Gasteiger partial charge in [-0.1, -0.05) is 48.5 Å². The average molecular weight is 224 g/mol. The zero-order chi connectivity index (χ0) is 11.7. The van der Waals surface area contributed by atoms with E-state index in [0.29, 0.717) is 5.56 Å². The standard InChI is InChI=1S/C15H12O2/c16-15-13-9-5-4-8-12(13)14(17-15)10-11-6-2-1-3-7-11/h1-9,14H,10H2. The number of benzene rings is 2. The van der Waals surface area contributed by atoms with E-state index < -0.39 is 0 Å². The zero-order valence-electron chi connectivity index (χ0n) is 9.30. The summed E-state index contributed by atoms with van der Waals surface area (Å²) in [4.78, 5) is 11.6. The minimum Gasteiger partial charge on any atom is -0.454 e. The molecule has 2 aromatic carbocycles. The van der Waals surface area contributed by atoms with Gasteiger partial charge in [0.1, 0.15) is 6.10 Å². The van der Waals surface area contributed by atoms with Crippen molar-refractivity contribution < 1.29 is 9.53 Å². The van der Waals surface area contributed by atoms with E-state index in [2.05, 4.69) is 12.1 Å². The van der Waals surface area contributed by atoms with Crippen LogP contribution in [0.15, 0.2) is 54.6 Å². The Bertz CT molecular complexity index is 546. The highest BCUT2D eigenvalue weighted by Gasteiger charge is 2.30. The minimum absolute atomic E-state index is 0.138. The van der Waals surface area contributed by atoms with Gasteiger partial charge in [0.2, 0.25) is 0 Å². The number of ether oxygens (including phenoxy) is 1. The van der Waals surface area contributed by atoms with Gasteiger partial charge in [-0.05, 0) is 11.6 Å². The van der Waals surface area contributed by atoms with E-state index in [0.717, 1.165) is 12.0 Å². The van der Waals surface area contributed by atoms with Gasteiger partial charge < -0.3 is 4.74 Å². The fourth-order valence-corrected chi connectivity index (χ4v) is 2.20. The number of esters is 1. The van der Waals surface area contributed by atoms with Crippen LogP contribution in [0, 0.1) is 0 Å². The lowest BCUT2D eigenvalue weighted by molar-refractivity contribution is 0.0387. The first-order valence-corrected chi connectivity index (χ1v) is 5.68. The van der Waals surface area contributed by atoms with E-state index in [4.69, 9.17) is 4.74 Å². The Balaban J connectivity index is 1.90. The average Bonchev–Trinajstić information content (AvgIpc) is 2.69. The van der Waals surface area contributed by atoms with E-state index in [1.165, 1.54) is 5.56 Å². The lowest BCUT2D eigenvalue weighted by atomic mass is 9.99. The molecule has 0 radical (unpaired) electrons. The molecular weight excluding hydrogens is 212 g/mol. The Morgan fingerprint density at radius 3 is 2.47 bits per heavy atom. The van der Waals surface area contributed by atoms with Crippen LogP contribution in [0.2, 0.25) is 0 Å². The highest BCUT2D eigenvalue weighted by Crippen LogP contribution is 2.32. The maximum Gasteiger partial charge on any atom is 0.339 e. The fraction of sp³-hybridized carbons (Fsp3) is 0.133. The molecule has 2 nitrogen and oxygen atoms in total. The Morgan fingerprint density at radius 2 is 1.65 bits per heavy atom. The highest BCUT2D eigenvalue weighted by atomic mass is 16.5. The molecule has 0 N–H and O–H groups in total. The third-order valence-electron chi connectivity index (χ3n) is 3.04. The van der Waals surface area contributed by atoms with Crippen LogP contribution >= 0.6 is 0 Å². The summed E-state index contributed by atoms with van der Waals surface area (Å²) in [5.74, 6) is -0.207. The van der Waals surface area contributed by atoms with Gasteiger partial charge in [0.05, 0.1) is 5.56 Å². The maximum absolute atomic E-state index is 11.6. The second-order valence-electron chi connectivity index (χ2n) is 4.17. The van der Waals surface area contributed by atoms with Crippen molar-refractivity contribution in [3.63, 3.8) is 0 Å². The Hall–Kier alpha value is -2.09. The van der Waals surface area contributed by atoms with Crippen LogP contribution in [0.1, 0.15) is 27.6 Å². The van der Waals surface area contributed by atoms with Crippen molar-refractivity contribution in [3.05, 3.63) is 71.3 Å². The van der Waals surface area contributed by atoms with Gasteiger partial charge >= 0.3 is 5.97 Å². The molecule has 0 bridgehead atoms. The van der Waals surface area contributed by atoms with Crippen molar-refractivity contribution in [1.82, 2.24) is 0 Å². The lowest BCUT2D eigenvalue weighted by Gasteiger charge is -2.10. The summed E-state index contributed by atoms with van der Waals surface area (Å²) in [6, 6.07) is 17.7. The smallest absolute Gasteiger partial charge is 0.339 e. The van der Waals surface area contributed by atoms with E-state index in [-0.39, 0.29) is 12.1 Å². The quantitative estimate of drug-likeness (QED) is 0.732. The summed E-state index contributed by atoms with van der Waals surface area (Å²) in [5.41, 5.74) is 2.89. The Kier molecular flexibility index (Phi) is 2.41. The molecule has 0 aliphatic carbocycles. The molecule has 0 saturated carbocycles. The molecule has 1 aliphatic rings. The second kappa shape index (κ2) is 4.06. The number of fused-ring (bicyclic) bond motifs is 1. The minimum atomic E-state index is -0.207. The molecule has 17 heavy (non-hydrogen) atoms. The van der Waals surface area contributed by atoms with Gasteiger partial charge in [-0.25, -0.2) is 4.79 Å². The van der Waals surface area contributed by atoms with Crippen LogP contribution in [-0.2, 0) is 11.2 Å². The molecule has 1 atom stereocenters. The van der Waals surface area contributed by atoms with Gasteiger partial charge in [-0.2, -0.15) is 0 Å². The summed E-state index contributed by atoms with van der Waals surface area (Å²) in [5, 5.41) is 0. The number of carbonyl (C=O) groups excluding carboxylic acids is 1. The van der Waals surface area contributed by atoms with Gasteiger partial charge in [-0.15, -0.1) is 0 Å². The number of hydrogen-bond acceptors (Lipinski definition) is 2. The van der Waals surface area contributed by atoms with Gasteiger partial charge in [0.15, 0.2) is 0 Å². The third-order valence-corrected chi connectivity index (χ3v) is 3.04. The largest absolute Gasteiger partial charge is 0.454 e. The number of rotatable bonds is 2. The molecule has 0 fully saturated rings. The SMILES string of the molecule is O=C1OC(Cc2ccccc2)c2ccccc21. The van der Waals surface area contributed by atoms with Crippen LogP contribution in [-0.4, -0.2) is 5.97 Å². The van der Waals surface area contributed by atoms with Crippen LogP contribution < -0.4 is 0 Å². The third kappa shape index (κ3) is 1.82. The monoisotopic (exact) mass is 224 g/mol. The van der Waals surface area contributed by atoms with Gasteiger partial charge in [-0.3, -0.25) is 0 Å². The van der Waals surface area contributed by atoms with Crippen LogP contribution in [0.25, 0.3) is 0 Å². The summed E-state index contributed by atoms with van der Waals surface area (Å²) in [7, 11) is 0. The number of hydrogen-bond donors (Lipinski definition) is 0. The molecule has 1 aliphatic heterocycles. The molecule has 2 heteroatoms. The predicted molar refractivity (Wildman–Crippen MR) is 64.7 cm³/mol. The molecule has 2 aromatic rings. The first-order valence-electron chi connectivity index (χ1n) is 5.68. The van der Waals surface area contributed by atoms with Crippen molar-refractivity contribution >= 4 is 5.97 Å². The van der Waals surface area contributed by atoms with Gasteiger partial charge in [0, 0.05) is 12.0 Å². The number of carbonyl (C=O) groups is 1. The molecular formula is C15H12O2. The molecule has 1 unspecified atom stereocenters. The Morgan fingerprint density at radius 1 is 0.941 bits per heavy atom. The highest BCUT2D eigenvalue weighted by molar-refractivity contribution is 5.94. The van der Waals surface area contributed by atoms with E-state index >= 15 is 0 Å². The summed E-state index contributed by atoms with van der Waals surface area (Å²) < 4.78 is 5.40. The van der Waals surface area contributed by atoms with Crippen LogP contribution in [0.5, 0.6) is 0 Å². The molecule has 0 saturated heterocycles. The summed E-state index contributed by atoms with van der Waals surface area (Å²) in [6.45, 7) is 0. The summed E-state index contributed by atoms with van der Waals surface area (Å²) >= 11 is 0. The molecule has 0 aromatic heterocycles. The predicted octanol–water partition coefficient (Wildman–Crippen LogP) is 3.14. The number of cyclic esters (lactones) is 1. The molecule has 0 amide bonds. The van der Waals surface area contributed by atoms with Crippen LogP contribution in [0.3, 0.4) is 0 Å². The first kappa shape index (κ1) is 10.1.